The minimum atomic E-state index is -1.22. The Kier molecular flexibility index (Phi) is 27.9. The minimum Gasteiger partial charge on any atom is -0.477 e. The molecule has 0 saturated heterocycles. The zero-order valence-corrected chi connectivity index (χ0v) is 22.2. The Morgan fingerprint density at radius 3 is 1.35 bits per heavy atom. The molecule has 0 radical (unpaired) electrons. The van der Waals surface area contributed by atoms with Gasteiger partial charge in [-0.05, 0) is 13.3 Å². The Labute approximate surface area is 209 Å². The Bertz CT molecular complexity index is 406. The van der Waals surface area contributed by atoms with Crippen LogP contribution in [0.1, 0.15) is 110 Å². The molecule has 0 aromatic heterocycles. The topological polar surface area (TPSA) is 83.5 Å². The molecule has 34 heavy (non-hydrogen) atoms. The second-order valence-corrected chi connectivity index (χ2v) is 8.78. The smallest absolute Gasteiger partial charge is 0.361 e. The van der Waals surface area contributed by atoms with Crippen LogP contribution in [0.2, 0.25) is 0 Å². The first-order valence-electron chi connectivity index (χ1n) is 13.9. The zero-order chi connectivity index (χ0) is 25.0. The van der Waals surface area contributed by atoms with E-state index >= 15 is 0 Å². The lowest BCUT2D eigenvalue weighted by molar-refractivity contribution is -0.192. The molecular weight excluding hydrogens is 436 g/mol. The van der Waals surface area contributed by atoms with Gasteiger partial charge in [-0.3, -0.25) is 0 Å². The maximum absolute atomic E-state index is 11.3. The van der Waals surface area contributed by atoms with E-state index in [9.17, 15) is 9.90 Å². The standard InChI is InChI=1S/C27H54O7/c1-3-5-6-7-8-9-10-11-12-13-14-15-16-17-18-19-33-27(26(28)29)34-25-24-32-23-22-31-21-20-30-4-2/h27H,3-25H2,1-2H3,(H,28,29). The number of hydrogen-bond donors (Lipinski definition) is 1. The van der Waals surface area contributed by atoms with Gasteiger partial charge in [0.15, 0.2) is 0 Å². The summed E-state index contributed by atoms with van der Waals surface area (Å²) in [5.74, 6) is -1.10. The van der Waals surface area contributed by atoms with Gasteiger partial charge in [-0.15, -0.1) is 0 Å². The summed E-state index contributed by atoms with van der Waals surface area (Å²) < 4.78 is 26.5. The molecule has 204 valence electrons. The van der Waals surface area contributed by atoms with Crippen LogP contribution in [-0.4, -0.2) is 70.2 Å². The van der Waals surface area contributed by atoms with Crippen LogP contribution in [0.3, 0.4) is 0 Å². The van der Waals surface area contributed by atoms with Crippen molar-refractivity contribution >= 4 is 5.97 Å². The van der Waals surface area contributed by atoms with Crippen molar-refractivity contribution in [2.75, 3.05) is 52.9 Å². The van der Waals surface area contributed by atoms with E-state index < -0.39 is 12.3 Å². The number of carbonyl (C=O) groups is 1. The molecular formula is C27H54O7. The fourth-order valence-corrected chi connectivity index (χ4v) is 3.65. The number of carboxylic acids is 1. The summed E-state index contributed by atoms with van der Waals surface area (Å²) in [6.45, 7) is 7.82. The first-order valence-corrected chi connectivity index (χ1v) is 13.9. The highest BCUT2D eigenvalue weighted by Crippen LogP contribution is 2.13. The van der Waals surface area contributed by atoms with Crippen molar-refractivity contribution in [2.24, 2.45) is 0 Å². The molecule has 0 aliphatic rings. The average molecular weight is 491 g/mol. The minimum absolute atomic E-state index is 0.175. The third-order valence-electron chi connectivity index (χ3n) is 5.66. The molecule has 0 aromatic rings. The molecule has 7 nitrogen and oxygen atoms in total. The van der Waals surface area contributed by atoms with Crippen molar-refractivity contribution in [3.63, 3.8) is 0 Å². The SMILES string of the molecule is CCCCCCCCCCCCCCCCCOC(OCCOCCOCCOCC)C(=O)O. The molecule has 0 bridgehead atoms. The van der Waals surface area contributed by atoms with Crippen molar-refractivity contribution in [3.8, 4) is 0 Å². The molecule has 1 unspecified atom stereocenters. The molecule has 0 fully saturated rings. The van der Waals surface area contributed by atoms with E-state index in [0.717, 1.165) is 12.8 Å². The van der Waals surface area contributed by atoms with Crippen molar-refractivity contribution < 1.29 is 33.6 Å². The highest BCUT2D eigenvalue weighted by atomic mass is 16.7. The maximum atomic E-state index is 11.3. The zero-order valence-electron chi connectivity index (χ0n) is 22.2. The first-order chi connectivity index (χ1) is 16.7. The normalized spacial score (nSPS) is 12.3. The van der Waals surface area contributed by atoms with Gasteiger partial charge < -0.3 is 28.8 Å². The van der Waals surface area contributed by atoms with Gasteiger partial charge in [0, 0.05) is 6.61 Å². The van der Waals surface area contributed by atoms with Gasteiger partial charge in [-0.1, -0.05) is 96.8 Å². The largest absolute Gasteiger partial charge is 0.477 e. The van der Waals surface area contributed by atoms with Crippen molar-refractivity contribution in [1.29, 1.82) is 0 Å². The lowest BCUT2D eigenvalue weighted by atomic mass is 10.0. The number of hydrogen-bond acceptors (Lipinski definition) is 6. The van der Waals surface area contributed by atoms with E-state index in [1.54, 1.807) is 0 Å². The number of carboxylic acid groups (broad SMARTS) is 1. The van der Waals surface area contributed by atoms with E-state index in [1.807, 2.05) is 6.92 Å². The summed E-state index contributed by atoms with van der Waals surface area (Å²) >= 11 is 0. The molecule has 0 heterocycles. The molecule has 1 atom stereocenters. The molecule has 0 spiro atoms. The van der Waals surface area contributed by atoms with Crippen LogP contribution in [0, 0.1) is 0 Å². The van der Waals surface area contributed by atoms with Gasteiger partial charge in [0.2, 0.25) is 0 Å². The predicted octanol–water partition coefficient (Wildman–Crippen LogP) is 6.37. The fraction of sp³-hybridized carbons (Fsp3) is 0.963. The van der Waals surface area contributed by atoms with Crippen LogP contribution in [0.25, 0.3) is 0 Å². The van der Waals surface area contributed by atoms with Crippen LogP contribution < -0.4 is 0 Å². The summed E-state index contributed by atoms with van der Waals surface area (Å²) in [6.07, 6.45) is 18.3. The fourth-order valence-electron chi connectivity index (χ4n) is 3.65. The van der Waals surface area contributed by atoms with Gasteiger partial charge in [0.25, 0.3) is 6.29 Å². The van der Waals surface area contributed by atoms with Crippen LogP contribution in [0.5, 0.6) is 0 Å². The Hall–Kier alpha value is -0.730. The summed E-state index contributed by atoms with van der Waals surface area (Å²) in [4.78, 5) is 11.3. The Morgan fingerprint density at radius 2 is 0.912 bits per heavy atom. The monoisotopic (exact) mass is 490 g/mol. The van der Waals surface area contributed by atoms with Gasteiger partial charge in [-0.2, -0.15) is 0 Å². The summed E-state index contributed by atoms with van der Waals surface area (Å²) in [5, 5.41) is 9.22. The first kappa shape index (κ1) is 33.3. The van der Waals surface area contributed by atoms with Gasteiger partial charge in [-0.25, -0.2) is 4.79 Å². The maximum Gasteiger partial charge on any atom is 0.361 e. The van der Waals surface area contributed by atoms with E-state index in [4.69, 9.17) is 23.7 Å². The molecule has 0 saturated carbocycles. The Morgan fingerprint density at radius 1 is 0.529 bits per heavy atom. The van der Waals surface area contributed by atoms with Crippen LogP contribution >= 0.6 is 0 Å². The number of aliphatic carboxylic acids is 1. The van der Waals surface area contributed by atoms with Gasteiger partial charge in [0.05, 0.1) is 46.2 Å². The van der Waals surface area contributed by atoms with Gasteiger partial charge >= 0.3 is 5.97 Å². The van der Waals surface area contributed by atoms with Crippen molar-refractivity contribution in [1.82, 2.24) is 0 Å². The third-order valence-corrected chi connectivity index (χ3v) is 5.66. The van der Waals surface area contributed by atoms with Crippen molar-refractivity contribution in [2.45, 2.75) is 116 Å². The molecule has 0 amide bonds. The number of unbranched alkanes of at least 4 members (excludes halogenated alkanes) is 14. The average Bonchev–Trinajstić information content (AvgIpc) is 2.83. The number of rotatable bonds is 29. The van der Waals surface area contributed by atoms with Crippen LogP contribution in [0.15, 0.2) is 0 Å². The highest BCUT2D eigenvalue weighted by molar-refractivity contribution is 5.70. The second kappa shape index (κ2) is 28.5. The van der Waals surface area contributed by atoms with E-state index in [-0.39, 0.29) is 6.61 Å². The molecule has 0 aromatic carbocycles. The van der Waals surface area contributed by atoms with E-state index in [1.165, 1.54) is 83.5 Å². The van der Waals surface area contributed by atoms with E-state index in [0.29, 0.717) is 46.2 Å². The quantitative estimate of drug-likeness (QED) is 0.0963. The molecule has 0 aliphatic carbocycles. The van der Waals surface area contributed by atoms with Gasteiger partial charge in [0.1, 0.15) is 0 Å². The lowest BCUT2D eigenvalue weighted by Crippen LogP contribution is -2.29. The van der Waals surface area contributed by atoms with Crippen molar-refractivity contribution in [3.05, 3.63) is 0 Å². The van der Waals surface area contributed by atoms with E-state index in [2.05, 4.69) is 6.92 Å². The molecule has 0 rings (SSSR count). The molecule has 7 heteroatoms. The summed E-state index contributed by atoms with van der Waals surface area (Å²) in [7, 11) is 0. The summed E-state index contributed by atoms with van der Waals surface area (Å²) in [5.41, 5.74) is 0. The summed E-state index contributed by atoms with van der Waals surface area (Å²) in [6, 6.07) is 0. The predicted molar refractivity (Wildman–Crippen MR) is 136 cm³/mol. The Balaban J connectivity index is 3.38. The number of ether oxygens (including phenoxy) is 5. The lowest BCUT2D eigenvalue weighted by Gasteiger charge is -2.14. The third kappa shape index (κ3) is 25.9. The molecule has 0 aliphatic heterocycles. The second-order valence-electron chi connectivity index (χ2n) is 8.78. The van der Waals surface area contributed by atoms with Crippen LogP contribution in [0.4, 0.5) is 0 Å². The molecule has 1 N–H and O–H groups in total. The van der Waals surface area contributed by atoms with Crippen LogP contribution in [-0.2, 0) is 28.5 Å². The highest BCUT2D eigenvalue weighted by Gasteiger charge is 2.18.